The van der Waals surface area contributed by atoms with Crippen molar-refractivity contribution in [1.82, 2.24) is 14.9 Å². The minimum Gasteiger partial charge on any atom is -0.460 e. The van der Waals surface area contributed by atoms with Crippen LogP contribution >= 0.6 is 0 Å². The van der Waals surface area contributed by atoms with Crippen molar-refractivity contribution in [1.29, 1.82) is 0 Å². The monoisotopic (exact) mass is 280 g/mol. The smallest absolute Gasteiger partial charge is 0.243 e. The second-order valence-electron chi connectivity index (χ2n) is 3.57. The SMILES string of the molecule is Nc1ccc(S(=O)(=O)NCOc2cccnn2)cc1. The highest BCUT2D eigenvalue weighted by Gasteiger charge is 2.13. The number of hydrogen-bond donors (Lipinski definition) is 2. The van der Waals surface area contributed by atoms with E-state index in [4.69, 9.17) is 10.5 Å². The van der Waals surface area contributed by atoms with Gasteiger partial charge in [-0.15, -0.1) is 5.10 Å². The lowest BCUT2D eigenvalue weighted by Gasteiger charge is -2.07. The number of nitrogens with zero attached hydrogens (tertiary/aromatic N) is 2. The van der Waals surface area contributed by atoms with Crippen LogP contribution < -0.4 is 15.2 Å². The van der Waals surface area contributed by atoms with Crippen molar-refractivity contribution in [2.45, 2.75) is 4.90 Å². The molecule has 0 saturated carbocycles. The lowest BCUT2D eigenvalue weighted by atomic mass is 10.3. The Morgan fingerprint density at radius 2 is 1.95 bits per heavy atom. The van der Waals surface area contributed by atoms with Crippen molar-refractivity contribution >= 4 is 15.7 Å². The first kappa shape index (κ1) is 13.2. The fourth-order valence-corrected chi connectivity index (χ4v) is 2.15. The molecule has 2 aromatic rings. The van der Waals surface area contributed by atoms with E-state index >= 15 is 0 Å². The number of nitrogens with one attached hydrogen (secondary N) is 1. The Morgan fingerprint density at radius 3 is 2.58 bits per heavy atom. The van der Waals surface area contributed by atoms with Crippen LogP contribution in [0, 0.1) is 0 Å². The van der Waals surface area contributed by atoms with Crippen molar-refractivity contribution in [2.75, 3.05) is 12.5 Å². The highest BCUT2D eigenvalue weighted by Crippen LogP contribution is 2.11. The molecule has 0 atom stereocenters. The number of ether oxygens (including phenoxy) is 1. The van der Waals surface area contributed by atoms with Gasteiger partial charge in [-0.05, 0) is 30.3 Å². The predicted octanol–water partition coefficient (Wildman–Crippen LogP) is 0.374. The molecule has 0 spiro atoms. The quantitative estimate of drug-likeness (QED) is 0.605. The second-order valence-corrected chi connectivity index (χ2v) is 5.33. The Labute approximate surface area is 110 Å². The third-order valence-electron chi connectivity index (χ3n) is 2.21. The molecular weight excluding hydrogens is 268 g/mol. The number of sulfonamides is 1. The first-order valence-electron chi connectivity index (χ1n) is 5.34. The van der Waals surface area contributed by atoms with E-state index in [0.29, 0.717) is 5.69 Å². The van der Waals surface area contributed by atoms with Gasteiger partial charge in [0, 0.05) is 18.0 Å². The van der Waals surface area contributed by atoms with Crippen LogP contribution in [0.3, 0.4) is 0 Å². The van der Waals surface area contributed by atoms with Gasteiger partial charge in [0.15, 0.2) is 6.73 Å². The molecule has 3 N–H and O–H groups in total. The number of anilines is 1. The second kappa shape index (κ2) is 5.63. The number of benzene rings is 1. The maximum Gasteiger partial charge on any atom is 0.243 e. The van der Waals surface area contributed by atoms with Gasteiger partial charge in [-0.25, -0.2) is 8.42 Å². The molecule has 1 aromatic heterocycles. The van der Waals surface area contributed by atoms with Crippen LogP contribution in [0.15, 0.2) is 47.5 Å². The Morgan fingerprint density at radius 1 is 1.21 bits per heavy atom. The fourth-order valence-electron chi connectivity index (χ4n) is 1.28. The van der Waals surface area contributed by atoms with Crippen molar-refractivity contribution < 1.29 is 13.2 Å². The van der Waals surface area contributed by atoms with Gasteiger partial charge in [0.2, 0.25) is 15.9 Å². The van der Waals surface area contributed by atoms with E-state index in [1.807, 2.05) is 0 Å². The third-order valence-corrected chi connectivity index (χ3v) is 3.60. The van der Waals surface area contributed by atoms with Crippen LogP contribution in [-0.4, -0.2) is 25.3 Å². The molecule has 0 unspecified atom stereocenters. The van der Waals surface area contributed by atoms with Gasteiger partial charge in [0.25, 0.3) is 0 Å². The maximum absolute atomic E-state index is 11.9. The Kier molecular flexibility index (Phi) is 3.93. The molecule has 8 heteroatoms. The zero-order valence-electron chi connectivity index (χ0n) is 9.85. The maximum atomic E-state index is 11.9. The summed E-state index contributed by atoms with van der Waals surface area (Å²) in [7, 11) is -3.63. The Bertz CT molecular complexity index is 629. The van der Waals surface area contributed by atoms with Crippen LogP contribution in [-0.2, 0) is 10.0 Å². The summed E-state index contributed by atoms with van der Waals surface area (Å²) < 4.78 is 31.1. The Hall–Kier alpha value is -2.19. The van der Waals surface area contributed by atoms with Gasteiger partial charge in [0.05, 0.1) is 4.90 Å². The van der Waals surface area contributed by atoms with Gasteiger partial charge in [-0.3, -0.25) is 0 Å². The van der Waals surface area contributed by atoms with E-state index < -0.39 is 10.0 Å². The zero-order valence-corrected chi connectivity index (χ0v) is 10.7. The zero-order chi connectivity index (χ0) is 13.7. The van der Waals surface area contributed by atoms with Gasteiger partial charge in [0.1, 0.15) is 0 Å². The topological polar surface area (TPSA) is 107 Å². The van der Waals surface area contributed by atoms with Crippen LogP contribution in [0.4, 0.5) is 5.69 Å². The van der Waals surface area contributed by atoms with E-state index in [2.05, 4.69) is 14.9 Å². The molecule has 7 nitrogen and oxygen atoms in total. The molecule has 19 heavy (non-hydrogen) atoms. The van der Waals surface area contributed by atoms with Crippen molar-refractivity contribution in [3.05, 3.63) is 42.6 Å². The van der Waals surface area contributed by atoms with E-state index in [1.54, 1.807) is 12.1 Å². The average Bonchev–Trinajstić information content (AvgIpc) is 2.40. The number of nitrogen functional groups attached to an aromatic ring is 1. The fraction of sp³-hybridized carbons (Fsp3) is 0.0909. The van der Waals surface area contributed by atoms with Gasteiger partial charge >= 0.3 is 0 Å². The molecule has 2 rings (SSSR count). The summed E-state index contributed by atoms with van der Waals surface area (Å²) in [5, 5.41) is 7.26. The molecular formula is C11H12N4O3S. The van der Waals surface area contributed by atoms with Gasteiger partial charge in [-0.2, -0.15) is 9.82 Å². The Balaban J connectivity index is 1.97. The predicted molar refractivity (Wildman–Crippen MR) is 68.7 cm³/mol. The van der Waals surface area contributed by atoms with E-state index in [1.165, 1.54) is 30.5 Å². The summed E-state index contributed by atoms with van der Waals surface area (Å²) in [6.07, 6.45) is 1.49. The molecule has 0 radical (unpaired) electrons. The molecule has 0 aliphatic heterocycles. The van der Waals surface area contributed by atoms with Crippen LogP contribution in [0.2, 0.25) is 0 Å². The van der Waals surface area contributed by atoms with E-state index in [0.717, 1.165) is 0 Å². The molecule has 0 aliphatic carbocycles. The third kappa shape index (κ3) is 3.63. The summed E-state index contributed by atoms with van der Waals surface area (Å²) >= 11 is 0. The molecule has 0 bridgehead atoms. The van der Waals surface area contributed by atoms with Crippen LogP contribution in [0.1, 0.15) is 0 Å². The first-order chi connectivity index (χ1) is 9.08. The number of nitrogens with two attached hydrogens (primary N) is 1. The van der Waals surface area contributed by atoms with E-state index in [9.17, 15) is 8.42 Å². The minimum absolute atomic E-state index is 0.115. The van der Waals surface area contributed by atoms with Crippen molar-refractivity contribution in [2.24, 2.45) is 0 Å². The summed E-state index contributed by atoms with van der Waals surface area (Å²) in [4.78, 5) is 0.115. The summed E-state index contributed by atoms with van der Waals surface area (Å²) in [5.74, 6) is 0.238. The van der Waals surface area contributed by atoms with Crippen LogP contribution in [0.5, 0.6) is 5.88 Å². The lowest BCUT2D eigenvalue weighted by molar-refractivity contribution is 0.295. The highest BCUT2D eigenvalue weighted by atomic mass is 32.2. The summed E-state index contributed by atoms with van der Waals surface area (Å²) in [6.45, 7) is -0.231. The number of hydrogen-bond acceptors (Lipinski definition) is 6. The highest BCUT2D eigenvalue weighted by molar-refractivity contribution is 7.89. The largest absolute Gasteiger partial charge is 0.460 e. The molecule has 0 fully saturated rings. The average molecular weight is 280 g/mol. The first-order valence-corrected chi connectivity index (χ1v) is 6.82. The summed E-state index contributed by atoms with van der Waals surface area (Å²) in [5.41, 5.74) is 5.99. The van der Waals surface area contributed by atoms with Crippen molar-refractivity contribution in [3.8, 4) is 5.88 Å². The van der Waals surface area contributed by atoms with E-state index in [-0.39, 0.29) is 17.5 Å². The normalized spacial score (nSPS) is 11.2. The van der Waals surface area contributed by atoms with Crippen LogP contribution in [0.25, 0.3) is 0 Å². The molecule has 1 aromatic carbocycles. The number of aromatic nitrogens is 2. The molecule has 1 heterocycles. The molecule has 0 saturated heterocycles. The van der Waals surface area contributed by atoms with Gasteiger partial charge < -0.3 is 10.5 Å². The molecule has 0 amide bonds. The van der Waals surface area contributed by atoms with Crippen molar-refractivity contribution in [3.63, 3.8) is 0 Å². The number of rotatable bonds is 5. The molecule has 100 valence electrons. The minimum atomic E-state index is -3.63. The lowest BCUT2D eigenvalue weighted by Crippen LogP contribution is -2.28. The molecule has 0 aliphatic rings. The van der Waals surface area contributed by atoms with Gasteiger partial charge in [-0.1, -0.05) is 0 Å². The standard InChI is InChI=1S/C11H12N4O3S/c12-9-3-5-10(6-4-9)19(16,17)14-8-18-11-2-1-7-13-15-11/h1-7,14H,8,12H2. The summed E-state index contributed by atoms with van der Waals surface area (Å²) in [6, 6.07) is 9.07.